The smallest absolute Gasteiger partial charge is 0.212 e. The maximum absolute atomic E-state index is 12.2. The Morgan fingerprint density at radius 3 is 2.11 bits per heavy atom. The normalized spacial score (nSPS) is 24.8. The molecule has 2 aliphatic rings. The Balaban J connectivity index is 1.80. The van der Waals surface area contributed by atoms with Gasteiger partial charge in [-0.3, -0.25) is 0 Å². The average Bonchev–Trinajstić information content (AvgIpc) is 2.33. The van der Waals surface area contributed by atoms with Gasteiger partial charge >= 0.3 is 0 Å². The van der Waals surface area contributed by atoms with Gasteiger partial charge in [0.25, 0.3) is 0 Å². The summed E-state index contributed by atoms with van der Waals surface area (Å²) in [5, 5.41) is 3.28. The Labute approximate surface area is 117 Å². The molecular weight excluding hydrogens is 260 g/mol. The largest absolute Gasteiger partial charge is 0.317 e. The van der Waals surface area contributed by atoms with Crippen molar-refractivity contribution in [1.29, 1.82) is 0 Å². The van der Waals surface area contributed by atoms with Gasteiger partial charge in [-0.1, -0.05) is 32.1 Å². The van der Waals surface area contributed by atoms with Crippen molar-refractivity contribution < 1.29 is 8.42 Å². The Morgan fingerprint density at radius 1 is 0.895 bits per heavy atom. The average molecular weight is 288 g/mol. The topological polar surface area (TPSA) is 58.2 Å². The molecular formula is C14H28N2O2S. The minimum Gasteiger partial charge on any atom is -0.317 e. The lowest BCUT2D eigenvalue weighted by Crippen LogP contribution is -2.40. The van der Waals surface area contributed by atoms with E-state index in [1.165, 1.54) is 32.1 Å². The molecule has 0 unspecified atom stereocenters. The third-order valence-corrected chi connectivity index (χ3v) is 5.97. The lowest BCUT2D eigenvalue weighted by atomic mass is 9.97. The van der Waals surface area contributed by atoms with Gasteiger partial charge in [-0.05, 0) is 44.7 Å². The third-order valence-electron chi connectivity index (χ3n) is 4.37. The van der Waals surface area contributed by atoms with Crippen molar-refractivity contribution in [2.75, 3.05) is 18.8 Å². The minimum atomic E-state index is -3.09. The molecule has 5 heteroatoms. The van der Waals surface area contributed by atoms with E-state index < -0.39 is 10.0 Å². The summed E-state index contributed by atoms with van der Waals surface area (Å²) in [6, 6.07) is 0.187. The van der Waals surface area contributed by atoms with Crippen LogP contribution in [0.1, 0.15) is 57.8 Å². The van der Waals surface area contributed by atoms with Crippen LogP contribution >= 0.6 is 0 Å². The maximum Gasteiger partial charge on any atom is 0.212 e. The van der Waals surface area contributed by atoms with Gasteiger partial charge in [-0.25, -0.2) is 13.1 Å². The third kappa shape index (κ3) is 5.79. The number of sulfonamides is 1. The summed E-state index contributed by atoms with van der Waals surface area (Å²) in [5.74, 6) is 0.665. The van der Waals surface area contributed by atoms with E-state index in [1.807, 2.05) is 0 Å². The highest BCUT2D eigenvalue weighted by Gasteiger charge is 2.24. The van der Waals surface area contributed by atoms with Gasteiger partial charge in [0.05, 0.1) is 5.75 Å². The number of hydrogen-bond donors (Lipinski definition) is 2. The quantitative estimate of drug-likeness (QED) is 0.832. The monoisotopic (exact) mass is 288 g/mol. The molecule has 1 saturated carbocycles. The second-order valence-corrected chi connectivity index (χ2v) is 7.93. The molecule has 0 amide bonds. The first-order valence-corrected chi connectivity index (χ1v) is 9.52. The number of nitrogens with one attached hydrogen (secondary N) is 2. The van der Waals surface area contributed by atoms with E-state index in [4.69, 9.17) is 0 Å². The van der Waals surface area contributed by atoms with Crippen LogP contribution in [0.2, 0.25) is 0 Å². The van der Waals surface area contributed by atoms with Crippen LogP contribution in [0, 0.1) is 5.92 Å². The fraction of sp³-hybridized carbons (Fsp3) is 1.00. The zero-order valence-electron chi connectivity index (χ0n) is 11.9. The highest BCUT2D eigenvalue weighted by atomic mass is 32.2. The molecule has 1 saturated heterocycles. The van der Waals surface area contributed by atoms with Gasteiger partial charge in [0.15, 0.2) is 0 Å². The zero-order chi connectivity index (χ0) is 13.6. The van der Waals surface area contributed by atoms with Gasteiger partial charge in [-0.15, -0.1) is 0 Å². The molecule has 1 aliphatic carbocycles. The summed E-state index contributed by atoms with van der Waals surface area (Å²) in [7, 11) is -3.09. The lowest BCUT2D eigenvalue weighted by molar-refractivity contribution is 0.393. The molecule has 0 spiro atoms. The van der Waals surface area contributed by atoms with Crippen molar-refractivity contribution in [2.24, 2.45) is 5.92 Å². The van der Waals surface area contributed by atoms with Crippen molar-refractivity contribution in [3.8, 4) is 0 Å². The van der Waals surface area contributed by atoms with Crippen LogP contribution in [0.5, 0.6) is 0 Å². The summed E-state index contributed by atoms with van der Waals surface area (Å²) in [6.45, 7) is 1.92. The highest BCUT2D eigenvalue weighted by molar-refractivity contribution is 7.89. The van der Waals surface area contributed by atoms with Gasteiger partial charge in [0.2, 0.25) is 10.0 Å². The van der Waals surface area contributed by atoms with Crippen molar-refractivity contribution in [3.05, 3.63) is 0 Å². The van der Waals surface area contributed by atoms with Crippen molar-refractivity contribution in [2.45, 2.75) is 63.8 Å². The van der Waals surface area contributed by atoms with Crippen LogP contribution in [0.3, 0.4) is 0 Å². The molecule has 0 aromatic carbocycles. The first-order valence-electron chi connectivity index (χ1n) is 7.86. The number of piperidine rings is 1. The van der Waals surface area contributed by atoms with Crippen LogP contribution in [0.4, 0.5) is 0 Å². The van der Waals surface area contributed by atoms with Gasteiger partial charge < -0.3 is 5.32 Å². The Kier molecular flexibility index (Phi) is 6.10. The fourth-order valence-corrected chi connectivity index (χ4v) is 5.03. The van der Waals surface area contributed by atoms with Crippen LogP contribution < -0.4 is 10.0 Å². The predicted octanol–water partition coefficient (Wildman–Crippen LogP) is 2.02. The van der Waals surface area contributed by atoms with Crippen LogP contribution in [-0.4, -0.2) is 33.3 Å². The van der Waals surface area contributed by atoms with Crippen LogP contribution in [0.15, 0.2) is 0 Å². The van der Waals surface area contributed by atoms with Gasteiger partial charge in [0, 0.05) is 6.04 Å². The summed E-state index contributed by atoms with van der Waals surface area (Å²) in [6.07, 6.45) is 10.2. The van der Waals surface area contributed by atoms with E-state index in [-0.39, 0.29) is 6.04 Å². The molecule has 19 heavy (non-hydrogen) atoms. The van der Waals surface area contributed by atoms with Crippen LogP contribution in [-0.2, 0) is 10.0 Å². The van der Waals surface area contributed by atoms with E-state index in [2.05, 4.69) is 10.0 Å². The first kappa shape index (κ1) is 15.3. The van der Waals surface area contributed by atoms with E-state index in [0.29, 0.717) is 11.7 Å². The van der Waals surface area contributed by atoms with E-state index in [0.717, 1.165) is 38.8 Å². The molecule has 0 aromatic heterocycles. The molecule has 0 atom stereocenters. The summed E-state index contributed by atoms with van der Waals surface area (Å²) in [5.41, 5.74) is 0. The number of rotatable bonds is 4. The molecule has 2 N–H and O–H groups in total. The Hall–Kier alpha value is -0.130. The van der Waals surface area contributed by atoms with Gasteiger partial charge in [-0.2, -0.15) is 0 Å². The van der Waals surface area contributed by atoms with E-state index in [1.54, 1.807) is 0 Å². The lowest BCUT2D eigenvalue weighted by Gasteiger charge is -2.25. The summed E-state index contributed by atoms with van der Waals surface area (Å²) < 4.78 is 27.4. The molecule has 4 nitrogen and oxygen atoms in total. The van der Waals surface area contributed by atoms with Crippen molar-refractivity contribution in [3.63, 3.8) is 0 Å². The first-order chi connectivity index (χ1) is 9.16. The molecule has 0 aromatic rings. The SMILES string of the molecule is O=S(=O)(CC1CCNCC1)NC1CCCCCCC1. The summed E-state index contributed by atoms with van der Waals surface area (Å²) >= 11 is 0. The summed E-state index contributed by atoms with van der Waals surface area (Å²) in [4.78, 5) is 0. The van der Waals surface area contributed by atoms with Crippen molar-refractivity contribution in [1.82, 2.24) is 10.0 Å². The molecule has 112 valence electrons. The van der Waals surface area contributed by atoms with E-state index >= 15 is 0 Å². The molecule has 0 bridgehead atoms. The van der Waals surface area contributed by atoms with Crippen molar-refractivity contribution >= 4 is 10.0 Å². The molecule has 1 heterocycles. The molecule has 1 aliphatic heterocycles. The van der Waals surface area contributed by atoms with E-state index in [9.17, 15) is 8.42 Å². The second kappa shape index (κ2) is 7.60. The maximum atomic E-state index is 12.2. The molecule has 0 radical (unpaired) electrons. The Morgan fingerprint density at radius 2 is 1.47 bits per heavy atom. The Bertz CT molecular complexity index is 342. The molecule has 2 fully saturated rings. The second-order valence-electron chi connectivity index (χ2n) is 6.13. The zero-order valence-corrected chi connectivity index (χ0v) is 12.7. The van der Waals surface area contributed by atoms with Crippen LogP contribution in [0.25, 0.3) is 0 Å². The standard InChI is InChI=1S/C14H28N2O2S/c17-19(18,12-13-8-10-15-11-9-13)16-14-6-4-2-1-3-5-7-14/h13-16H,1-12H2. The molecule has 2 rings (SSSR count). The number of hydrogen-bond acceptors (Lipinski definition) is 3. The predicted molar refractivity (Wildman–Crippen MR) is 78.6 cm³/mol. The fourth-order valence-electron chi connectivity index (χ4n) is 3.23. The highest BCUT2D eigenvalue weighted by Crippen LogP contribution is 2.19. The minimum absolute atomic E-state index is 0.187. The van der Waals surface area contributed by atoms with Gasteiger partial charge in [0.1, 0.15) is 0 Å².